The number of carbonyl (C=O) groups excluding carboxylic acids is 2. The van der Waals surface area contributed by atoms with E-state index >= 15 is 0 Å². The normalized spacial score (nSPS) is 10.2. The predicted octanol–water partition coefficient (Wildman–Crippen LogP) is 3.73. The Labute approximate surface area is 148 Å². The highest BCUT2D eigenvalue weighted by Crippen LogP contribution is 2.13. The van der Waals surface area contributed by atoms with Gasteiger partial charge in [0.1, 0.15) is 0 Å². The molecular formula is C20H24N2O3. The van der Waals surface area contributed by atoms with Crippen molar-refractivity contribution in [1.82, 2.24) is 5.32 Å². The van der Waals surface area contributed by atoms with Gasteiger partial charge in [0.2, 0.25) is 5.91 Å². The maximum atomic E-state index is 12.0. The summed E-state index contributed by atoms with van der Waals surface area (Å²) in [4.78, 5) is 23.2. The van der Waals surface area contributed by atoms with Crippen molar-refractivity contribution in [1.29, 1.82) is 0 Å². The number of aryl methyl sites for hydroxylation is 3. The van der Waals surface area contributed by atoms with Crippen LogP contribution in [0.4, 0.5) is 10.5 Å². The molecule has 25 heavy (non-hydrogen) atoms. The average Bonchev–Trinajstić information content (AvgIpc) is 2.60. The number of carbonyl (C=O) groups is 2. The van der Waals surface area contributed by atoms with Gasteiger partial charge in [0.05, 0.1) is 7.11 Å². The number of hydrogen-bond donors (Lipinski definition) is 2. The monoisotopic (exact) mass is 340 g/mol. The third kappa shape index (κ3) is 5.95. The molecule has 0 spiro atoms. The predicted molar refractivity (Wildman–Crippen MR) is 98.6 cm³/mol. The molecule has 0 saturated heterocycles. The van der Waals surface area contributed by atoms with Gasteiger partial charge in [0.25, 0.3) is 0 Å². The second-order valence-corrected chi connectivity index (χ2v) is 6.02. The van der Waals surface area contributed by atoms with Crippen molar-refractivity contribution in [2.24, 2.45) is 0 Å². The van der Waals surface area contributed by atoms with Crippen LogP contribution in [0.1, 0.15) is 28.7 Å². The van der Waals surface area contributed by atoms with Crippen molar-refractivity contribution in [3.63, 3.8) is 0 Å². The molecule has 2 aromatic rings. The molecular weight excluding hydrogens is 316 g/mol. The van der Waals surface area contributed by atoms with Crippen LogP contribution < -0.4 is 10.6 Å². The van der Waals surface area contributed by atoms with Crippen LogP contribution in [0.2, 0.25) is 0 Å². The summed E-state index contributed by atoms with van der Waals surface area (Å²) in [6.07, 6.45) is 0.693. The Morgan fingerprint density at radius 3 is 2.40 bits per heavy atom. The van der Waals surface area contributed by atoms with E-state index in [1.807, 2.05) is 12.1 Å². The number of anilines is 1. The molecule has 5 heteroatoms. The van der Waals surface area contributed by atoms with Crippen molar-refractivity contribution < 1.29 is 14.3 Å². The van der Waals surface area contributed by atoms with Crippen molar-refractivity contribution in [3.05, 3.63) is 64.7 Å². The lowest BCUT2D eigenvalue weighted by Gasteiger charge is -2.09. The molecule has 0 aliphatic carbocycles. The molecule has 0 fully saturated rings. The zero-order chi connectivity index (χ0) is 18.2. The Morgan fingerprint density at radius 2 is 1.76 bits per heavy atom. The summed E-state index contributed by atoms with van der Waals surface area (Å²) in [5.41, 5.74) is 5.28. The Hall–Kier alpha value is -2.82. The number of amides is 2. The molecule has 2 N–H and O–H groups in total. The van der Waals surface area contributed by atoms with Gasteiger partial charge in [0, 0.05) is 18.7 Å². The molecule has 0 atom stereocenters. The van der Waals surface area contributed by atoms with E-state index in [0.717, 1.165) is 12.0 Å². The molecule has 0 saturated carbocycles. The Balaban J connectivity index is 1.78. The molecule has 5 nitrogen and oxygen atoms in total. The van der Waals surface area contributed by atoms with E-state index in [9.17, 15) is 9.59 Å². The fourth-order valence-electron chi connectivity index (χ4n) is 2.54. The molecule has 2 aromatic carbocycles. The Morgan fingerprint density at radius 1 is 1.04 bits per heavy atom. The molecule has 0 bridgehead atoms. The molecule has 0 aromatic heterocycles. The molecule has 2 rings (SSSR count). The third-order valence-corrected chi connectivity index (χ3v) is 3.99. The van der Waals surface area contributed by atoms with Crippen LogP contribution in [0.5, 0.6) is 0 Å². The summed E-state index contributed by atoms with van der Waals surface area (Å²) >= 11 is 0. The first-order chi connectivity index (χ1) is 12.0. The second kappa shape index (κ2) is 8.87. The van der Waals surface area contributed by atoms with Crippen LogP contribution in [-0.2, 0) is 22.5 Å². The maximum Gasteiger partial charge on any atom is 0.411 e. The lowest BCUT2D eigenvalue weighted by atomic mass is 10.0. The topological polar surface area (TPSA) is 67.4 Å². The zero-order valence-corrected chi connectivity index (χ0v) is 14.9. The van der Waals surface area contributed by atoms with Gasteiger partial charge < -0.3 is 10.1 Å². The minimum atomic E-state index is -0.507. The van der Waals surface area contributed by atoms with Gasteiger partial charge in [-0.1, -0.05) is 35.9 Å². The summed E-state index contributed by atoms with van der Waals surface area (Å²) in [6, 6.07) is 13.6. The minimum absolute atomic E-state index is 0.0248. The lowest BCUT2D eigenvalue weighted by Crippen LogP contribution is -2.23. The number of hydrogen-bond acceptors (Lipinski definition) is 3. The number of nitrogens with one attached hydrogen (secondary N) is 2. The van der Waals surface area contributed by atoms with Gasteiger partial charge in [-0.2, -0.15) is 0 Å². The standard InChI is InChI=1S/C20H24N2O3/c1-14-4-7-17(15(2)12-14)8-11-19(23)21-13-16-5-9-18(10-6-16)22-20(24)25-3/h4-7,9-10,12H,8,11,13H2,1-3H3,(H,21,23)(H,22,24). The van der Waals surface area contributed by atoms with Crippen molar-refractivity contribution >= 4 is 17.7 Å². The fourth-order valence-corrected chi connectivity index (χ4v) is 2.54. The lowest BCUT2D eigenvalue weighted by molar-refractivity contribution is -0.121. The second-order valence-electron chi connectivity index (χ2n) is 6.02. The van der Waals surface area contributed by atoms with E-state index < -0.39 is 6.09 Å². The minimum Gasteiger partial charge on any atom is -0.453 e. The summed E-state index contributed by atoms with van der Waals surface area (Å²) in [5, 5.41) is 5.50. The molecule has 0 aliphatic heterocycles. The first-order valence-electron chi connectivity index (χ1n) is 8.24. The van der Waals surface area contributed by atoms with E-state index in [4.69, 9.17) is 0 Å². The maximum absolute atomic E-state index is 12.0. The zero-order valence-electron chi connectivity index (χ0n) is 14.9. The van der Waals surface area contributed by atoms with Gasteiger partial charge in [-0.3, -0.25) is 10.1 Å². The SMILES string of the molecule is COC(=O)Nc1ccc(CNC(=O)CCc2ccc(C)cc2C)cc1. The molecule has 132 valence electrons. The number of ether oxygens (including phenoxy) is 1. The summed E-state index contributed by atoms with van der Waals surface area (Å²) in [6.45, 7) is 4.60. The summed E-state index contributed by atoms with van der Waals surface area (Å²) in [5.74, 6) is 0.0248. The smallest absolute Gasteiger partial charge is 0.411 e. The summed E-state index contributed by atoms with van der Waals surface area (Å²) in [7, 11) is 1.32. The van der Waals surface area contributed by atoms with Crippen LogP contribution in [0.3, 0.4) is 0 Å². The molecule has 0 aliphatic rings. The average molecular weight is 340 g/mol. The van der Waals surface area contributed by atoms with Gasteiger partial charge in [-0.05, 0) is 49.1 Å². The van der Waals surface area contributed by atoms with Gasteiger partial charge in [-0.15, -0.1) is 0 Å². The van der Waals surface area contributed by atoms with Crippen LogP contribution in [0.15, 0.2) is 42.5 Å². The summed E-state index contributed by atoms with van der Waals surface area (Å²) < 4.78 is 4.53. The highest BCUT2D eigenvalue weighted by atomic mass is 16.5. The van der Waals surface area contributed by atoms with Crippen LogP contribution in [0.25, 0.3) is 0 Å². The molecule has 0 unspecified atom stereocenters. The van der Waals surface area contributed by atoms with Crippen LogP contribution >= 0.6 is 0 Å². The van der Waals surface area contributed by atoms with E-state index in [0.29, 0.717) is 18.7 Å². The number of benzene rings is 2. The van der Waals surface area contributed by atoms with E-state index in [1.165, 1.54) is 23.8 Å². The first kappa shape index (κ1) is 18.5. The van der Waals surface area contributed by atoms with E-state index in [-0.39, 0.29) is 5.91 Å². The van der Waals surface area contributed by atoms with Gasteiger partial charge >= 0.3 is 6.09 Å². The quantitative estimate of drug-likeness (QED) is 0.842. The fraction of sp³-hybridized carbons (Fsp3) is 0.300. The van der Waals surface area contributed by atoms with Crippen molar-refractivity contribution in [3.8, 4) is 0 Å². The molecule has 2 amide bonds. The third-order valence-electron chi connectivity index (χ3n) is 3.99. The number of methoxy groups -OCH3 is 1. The Kier molecular flexibility index (Phi) is 6.57. The van der Waals surface area contributed by atoms with Crippen molar-refractivity contribution in [2.45, 2.75) is 33.2 Å². The van der Waals surface area contributed by atoms with Crippen LogP contribution in [0, 0.1) is 13.8 Å². The van der Waals surface area contributed by atoms with E-state index in [2.05, 4.69) is 47.4 Å². The molecule has 0 radical (unpaired) electrons. The highest BCUT2D eigenvalue weighted by molar-refractivity contribution is 5.84. The molecule has 0 heterocycles. The van der Waals surface area contributed by atoms with Crippen molar-refractivity contribution in [2.75, 3.05) is 12.4 Å². The first-order valence-corrected chi connectivity index (χ1v) is 8.24. The van der Waals surface area contributed by atoms with Gasteiger partial charge in [0.15, 0.2) is 0 Å². The highest BCUT2D eigenvalue weighted by Gasteiger charge is 2.05. The Bertz CT molecular complexity index is 739. The van der Waals surface area contributed by atoms with E-state index in [1.54, 1.807) is 12.1 Å². The van der Waals surface area contributed by atoms with Crippen LogP contribution in [-0.4, -0.2) is 19.1 Å². The number of rotatable bonds is 6. The largest absolute Gasteiger partial charge is 0.453 e. The van der Waals surface area contributed by atoms with Gasteiger partial charge in [-0.25, -0.2) is 4.79 Å².